The molecule has 0 N–H and O–H groups in total. The molecule has 0 saturated carbocycles. The van der Waals surface area contributed by atoms with Crippen LogP contribution >= 0.6 is 0 Å². The SMILES string of the molecule is O=C1C=CC2(C=C1)OCC(c1cccc(-c3ccc(F)cc3)c1)O2. The highest BCUT2D eigenvalue weighted by Crippen LogP contribution is 2.37. The van der Waals surface area contributed by atoms with Crippen LogP contribution in [0.4, 0.5) is 4.39 Å². The second kappa shape index (κ2) is 5.82. The highest BCUT2D eigenvalue weighted by molar-refractivity contribution is 6.00. The molecule has 1 fully saturated rings. The van der Waals surface area contributed by atoms with Crippen LogP contribution in [0.25, 0.3) is 11.1 Å². The number of ether oxygens (including phenoxy) is 2. The first-order chi connectivity index (χ1) is 11.6. The summed E-state index contributed by atoms with van der Waals surface area (Å²) in [5.74, 6) is -1.28. The summed E-state index contributed by atoms with van der Waals surface area (Å²) >= 11 is 0. The monoisotopic (exact) mass is 322 g/mol. The summed E-state index contributed by atoms with van der Waals surface area (Å²) in [7, 11) is 0. The lowest BCUT2D eigenvalue weighted by Gasteiger charge is -2.22. The third-order valence-corrected chi connectivity index (χ3v) is 4.18. The molecule has 1 aliphatic carbocycles. The van der Waals surface area contributed by atoms with Crippen molar-refractivity contribution >= 4 is 5.78 Å². The van der Waals surface area contributed by atoms with Crippen LogP contribution in [0.1, 0.15) is 11.7 Å². The lowest BCUT2D eigenvalue weighted by molar-refractivity contribution is -0.113. The summed E-state index contributed by atoms with van der Waals surface area (Å²) in [4.78, 5) is 11.3. The van der Waals surface area contributed by atoms with Gasteiger partial charge in [0.2, 0.25) is 5.79 Å². The highest BCUT2D eigenvalue weighted by atomic mass is 19.1. The van der Waals surface area contributed by atoms with Gasteiger partial charge in [-0.1, -0.05) is 30.3 Å². The number of ketones is 1. The molecule has 24 heavy (non-hydrogen) atoms. The van der Waals surface area contributed by atoms with E-state index >= 15 is 0 Å². The van der Waals surface area contributed by atoms with Crippen LogP contribution in [-0.4, -0.2) is 18.2 Å². The van der Waals surface area contributed by atoms with Crippen molar-refractivity contribution in [2.75, 3.05) is 6.61 Å². The smallest absolute Gasteiger partial charge is 0.209 e. The Morgan fingerprint density at radius 1 is 1.00 bits per heavy atom. The van der Waals surface area contributed by atoms with Gasteiger partial charge in [-0.3, -0.25) is 4.79 Å². The molecule has 0 aromatic heterocycles. The zero-order valence-electron chi connectivity index (χ0n) is 12.8. The van der Waals surface area contributed by atoms with Gasteiger partial charge in [-0.05, 0) is 59.2 Å². The summed E-state index contributed by atoms with van der Waals surface area (Å²) in [5, 5.41) is 0. The summed E-state index contributed by atoms with van der Waals surface area (Å²) in [5.41, 5.74) is 2.91. The molecule has 2 aromatic carbocycles. The Morgan fingerprint density at radius 3 is 2.50 bits per heavy atom. The maximum absolute atomic E-state index is 13.1. The Kier molecular flexibility index (Phi) is 3.63. The quantitative estimate of drug-likeness (QED) is 0.839. The third-order valence-electron chi connectivity index (χ3n) is 4.18. The van der Waals surface area contributed by atoms with Gasteiger partial charge in [0.15, 0.2) is 5.78 Å². The lowest BCUT2D eigenvalue weighted by atomic mass is 10.0. The summed E-state index contributed by atoms with van der Waals surface area (Å²) in [6.07, 6.45) is 5.96. The van der Waals surface area contributed by atoms with Crippen molar-refractivity contribution in [2.45, 2.75) is 11.9 Å². The molecule has 4 rings (SSSR count). The molecule has 2 aromatic rings. The third kappa shape index (κ3) is 2.82. The maximum Gasteiger partial charge on any atom is 0.209 e. The van der Waals surface area contributed by atoms with Gasteiger partial charge in [0.05, 0.1) is 6.61 Å². The van der Waals surface area contributed by atoms with E-state index in [9.17, 15) is 9.18 Å². The molecule has 1 saturated heterocycles. The second-order valence-electron chi connectivity index (χ2n) is 5.84. The molecule has 1 unspecified atom stereocenters. The minimum atomic E-state index is -0.954. The molecule has 120 valence electrons. The summed E-state index contributed by atoms with van der Waals surface area (Å²) in [6.45, 7) is 0.399. The standard InChI is InChI=1S/C20H15FO3/c21-17-6-4-14(5-7-17)15-2-1-3-16(12-15)19-13-23-20(24-19)10-8-18(22)9-11-20/h1-12,19H,13H2. The number of rotatable bonds is 2. The molecule has 1 heterocycles. The average molecular weight is 322 g/mol. The number of carbonyl (C=O) groups excluding carboxylic acids is 1. The number of carbonyl (C=O) groups is 1. The first-order valence-corrected chi connectivity index (χ1v) is 7.74. The van der Waals surface area contributed by atoms with E-state index < -0.39 is 5.79 Å². The van der Waals surface area contributed by atoms with Gasteiger partial charge >= 0.3 is 0 Å². The zero-order chi connectivity index (χ0) is 16.6. The molecule has 0 amide bonds. The van der Waals surface area contributed by atoms with Crippen molar-refractivity contribution in [2.24, 2.45) is 0 Å². The van der Waals surface area contributed by atoms with Crippen LogP contribution < -0.4 is 0 Å². The number of hydrogen-bond acceptors (Lipinski definition) is 3. The molecule has 1 spiro atoms. The molecule has 2 aliphatic rings. The number of benzene rings is 2. The van der Waals surface area contributed by atoms with Gasteiger partial charge in [-0.15, -0.1) is 0 Å². The van der Waals surface area contributed by atoms with Crippen molar-refractivity contribution in [3.63, 3.8) is 0 Å². The Hall–Kier alpha value is -2.56. The average Bonchev–Trinajstić information content (AvgIpc) is 3.03. The minimum absolute atomic E-state index is 0.0745. The molecule has 1 aliphatic heterocycles. The predicted molar refractivity (Wildman–Crippen MR) is 87.6 cm³/mol. The normalized spacial score (nSPS) is 21.5. The fourth-order valence-electron chi connectivity index (χ4n) is 2.90. The van der Waals surface area contributed by atoms with Crippen LogP contribution in [-0.2, 0) is 14.3 Å². The number of allylic oxidation sites excluding steroid dienone is 2. The molecule has 0 radical (unpaired) electrons. The number of halogens is 1. The minimum Gasteiger partial charge on any atom is -0.340 e. The summed E-state index contributed by atoms with van der Waals surface area (Å²) in [6, 6.07) is 14.3. The van der Waals surface area contributed by atoms with Crippen LogP contribution in [0.3, 0.4) is 0 Å². The van der Waals surface area contributed by atoms with E-state index in [0.29, 0.717) is 6.61 Å². The van der Waals surface area contributed by atoms with Crippen molar-refractivity contribution in [3.05, 3.63) is 84.2 Å². The van der Waals surface area contributed by atoms with Crippen molar-refractivity contribution in [3.8, 4) is 11.1 Å². The topological polar surface area (TPSA) is 35.5 Å². The van der Waals surface area contributed by atoms with E-state index in [1.807, 2.05) is 24.3 Å². The van der Waals surface area contributed by atoms with Crippen molar-refractivity contribution in [1.82, 2.24) is 0 Å². The molecular formula is C20H15FO3. The van der Waals surface area contributed by atoms with Gasteiger partial charge in [0, 0.05) is 0 Å². The second-order valence-corrected chi connectivity index (χ2v) is 5.84. The van der Waals surface area contributed by atoms with Crippen molar-refractivity contribution < 1.29 is 18.7 Å². The fourth-order valence-corrected chi connectivity index (χ4v) is 2.90. The van der Waals surface area contributed by atoms with Gasteiger partial charge in [0.25, 0.3) is 0 Å². The highest BCUT2D eigenvalue weighted by Gasteiger charge is 2.39. The molecule has 4 heteroatoms. The van der Waals surface area contributed by atoms with E-state index in [-0.39, 0.29) is 17.7 Å². The lowest BCUT2D eigenvalue weighted by Crippen LogP contribution is -2.27. The molecule has 1 atom stereocenters. The molecule has 0 bridgehead atoms. The Balaban J connectivity index is 1.59. The van der Waals surface area contributed by atoms with E-state index in [0.717, 1.165) is 16.7 Å². The van der Waals surface area contributed by atoms with E-state index in [2.05, 4.69) is 0 Å². The van der Waals surface area contributed by atoms with Gasteiger partial charge in [0.1, 0.15) is 11.9 Å². The van der Waals surface area contributed by atoms with E-state index in [4.69, 9.17) is 9.47 Å². The van der Waals surface area contributed by atoms with Crippen molar-refractivity contribution in [1.29, 1.82) is 0 Å². The molecular weight excluding hydrogens is 307 g/mol. The Labute approximate surface area is 139 Å². The van der Waals surface area contributed by atoms with Crippen LogP contribution in [0, 0.1) is 5.82 Å². The zero-order valence-corrected chi connectivity index (χ0v) is 12.8. The van der Waals surface area contributed by atoms with Crippen LogP contribution in [0.15, 0.2) is 72.8 Å². The number of hydrogen-bond donors (Lipinski definition) is 0. The van der Waals surface area contributed by atoms with Gasteiger partial charge < -0.3 is 9.47 Å². The molecule has 3 nitrogen and oxygen atoms in total. The van der Waals surface area contributed by atoms with Gasteiger partial charge in [-0.2, -0.15) is 0 Å². The summed E-state index contributed by atoms with van der Waals surface area (Å²) < 4.78 is 24.9. The Bertz CT molecular complexity index is 820. The van der Waals surface area contributed by atoms with Crippen LogP contribution in [0.2, 0.25) is 0 Å². The first-order valence-electron chi connectivity index (χ1n) is 7.74. The maximum atomic E-state index is 13.1. The first kappa shape index (κ1) is 15.0. The fraction of sp³-hybridized carbons (Fsp3) is 0.150. The van der Waals surface area contributed by atoms with E-state index in [1.165, 1.54) is 24.3 Å². The Morgan fingerprint density at radius 2 is 1.75 bits per heavy atom. The van der Waals surface area contributed by atoms with Gasteiger partial charge in [-0.25, -0.2) is 4.39 Å². The van der Waals surface area contributed by atoms with E-state index in [1.54, 1.807) is 24.3 Å². The van der Waals surface area contributed by atoms with Crippen LogP contribution in [0.5, 0.6) is 0 Å². The largest absolute Gasteiger partial charge is 0.340 e. The predicted octanol–water partition coefficient (Wildman–Crippen LogP) is 3.97.